The molecule has 2 heterocycles. The highest BCUT2D eigenvalue weighted by atomic mass is 32.2. The average Bonchev–Trinajstić information content (AvgIpc) is 2.95. The zero-order valence-corrected chi connectivity index (χ0v) is 16.5. The van der Waals surface area contributed by atoms with Crippen LogP contribution in [0.3, 0.4) is 0 Å². The summed E-state index contributed by atoms with van der Waals surface area (Å²) >= 11 is 0. The van der Waals surface area contributed by atoms with Crippen molar-refractivity contribution in [3.8, 4) is 0 Å². The van der Waals surface area contributed by atoms with Crippen molar-refractivity contribution in [3.63, 3.8) is 0 Å². The molecule has 0 bridgehead atoms. The summed E-state index contributed by atoms with van der Waals surface area (Å²) in [6.45, 7) is 2.34. The Bertz CT molecular complexity index is 1080. The second-order valence-corrected chi connectivity index (χ2v) is 9.03. The van der Waals surface area contributed by atoms with Gasteiger partial charge in [-0.2, -0.15) is 4.31 Å². The smallest absolute Gasteiger partial charge is 0.244 e. The Morgan fingerprint density at radius 1 is 1.11 bits per heavy atom. The van der Waals surface area contributed by atoms with Crippen molar-refractivity contribution >= 4 is 27.5 Å². The van der Waals surface area contributed by atoms with Gasteiger partial charge in [-0.3, -0.25) is 9.59 Å². The van der Waals surface area contributed by atoms with Gasteiger partial charge in [0.15, 0.2) is 0 Å². The number of hydrogen-bond acceptors (Lipinski definition) is 4. The number of likely N-dealkylation sites (N-methyl/N-ethyl adjacent to an activating group) is 1. The van der Waals surface area contributed by atoms with E-state index in [1.807, 2.05) is 25.1 Å². The lowest BCUT2D eigenvalue weighted by atomic mass is 10.0. The summed E-state index contributed by atoms with van der Waals surface area (Å²) < 4.78 is 28.1. The Labute approximate surface area is 164 Å². The number of fused-ring (bicyclic) bond motifs is 1. The first-order valence-electron chi connectivity index (χ1n) is 9.04. The number of carbonyl (C=O) groups excluding carboxylic acids is 2. The molecule has 2 aliphatic rings. The second-order valence-electron chi connectivity index (χ2n) is 7.14. The highest BCUT2D eigenvalue weighted by molar-refractivity contribution is 7.89. The van der Waals surface area contributed by atoms with Gasteiger partial charge >= 0.3 is 0 Å². The average molecular weight is 399 g/mol. The lowest BCUT2D eigenvalue weighted by molar-refractivity contribution is -0.127. The molecule has 1 saturated heterocycles. The quantitative estimate of drug-likeness (QED) is 0.845. The van der Waals surface area contributed by atoms with E-state index < -0.39 is 16.1 Å². The number of benzene rings is 2. The molecule has 0 radical (unpaired) electrons. The van der Waals surface area contributed by atoms with E-state index >= 15 is 0 Å². The second kappa shape index (κ2) is 6.72. The van der Waals surface area contributed by atoms with Crippen LogP contribution >= 0.6 is 0 Å². The number of anilines is 1. The molecule has 0 aromatic heterocycles. The SMILES string of the molecule is Cc1cccc(C2C(=O)NCCN2S(=O)(=O)c2ccc3c(c2)CC(=O)N3C)c1. The molecule has 2 aliphatic heterocycles. The maximum Gasteiger partial charge on any atom is 0.244 e. The van der Waals surface area contributed by atoms with Gasteiger partial charge in [0, 0.05) is 25.8 Å². The number of carbonyl (C=O) groups is 2. The minimum absolute atomic E-state index is 0.0699. The predicted octanol–water partition coefficient (Wildman–Crippen LogP) is 1.38. The van der Waals surface area contributed by atoms with Crippen molar-refractivity contribution in [2.24, 2.45) is 0 Å². The summed E-state index contributed by atoms with van der Waals surface area (Å²) in [4.78, 5) is 26.1. The predicted molar refractivity (Wildman–Crippen MR) is 104 cm³/mol. The molecule has 4 rings (SSSR count). The molecule has 0 spiro atoms. The van der Waals surface area contributed by atoms with Gasteiger partial charge < -0.3 is 10.2 Å². The van der Waals surface area contributed by atoms with Gasteiger partial charge in [-0.15, -0.1) is 0 Å². The maximum atomic E-state index is 13.4. The molecule has 1 atom stereocenters. The zero-order chi connectivity index (χ0) is 20.1. The van der Waals surface area contributed by atoms with Crippen LogP contribution in [-0.4, -0.2) is 44.7 Å². The van der Waals surface area contributed by atoms with Crippen molar-refractivity contribution < 1.29 is 18.0 Å². The monoisotopic (exact) mass is 399 g/mol. The summed E-state index contributed by atoms with van der Waals surface area (Å²) in [5, 5.41) is 2.76. The first-order chi connectivity index (χ1) is 13.3. The third kappa shape index (κ3) is 2.98. The molecule has 0 saturated carbocycles. The van der Waals surface area contributed by atoms with E-state index in [1.165, 1.54) is 15.3 Å². The summed E-state index contributed by atoms with van der Waals surface area (Å²) in [6.07, 6.45) is 0.178. The Morgan fingerprint density at radius 3 is 2.64 bits per heavy atom. The molecular formula is C20H21N3O4S. The number of sulfonamides is 1. The van der Waals surface area contributed by atoms with E-state index in [0.717, 1.165) is 11.3 Å². The van der Waals surface area contributed by atoms with E-state index in [9.17, 15) is 18.0 Å². The molecule has 1 fully saturated rings. The van der Waals surface area contributed by atoms with Crippen molar-refractivity contribution in [2.75, 3.05) is 25.0 Å². The van der Waals surface area contributed by atoms with E-state index in [2.05, 4.69) is 5.32 Å². The fourth-order valence-corrected chi connectivity index (χ4v) is 5.43. The summed E-state index contributed by atoms with van der Waals surface area (Å²) in [5.74, 6) is -0.406. The molecule has 2 amide bonds. The first kappa shape index (κ1) is 18.6. The highest BCUT2D eigenvalue weighted by Gasteiger charge is 2.40. The number of nitrogens with zero attached hydrogens (tertiary/aromatic N) is 2. The van der Waals surface area contributed by atoms with Crippen LogP contribution in [0.4, 0.5) is 5.69 Å². The van der Waals surface area contributed by atoms with E-state index in [-0.39, 0.29) is 36.2 Å². The zero-order valence-electron chi connectivity index (χ0n) is 15.7. The third-order valence-corrected chi connectivity index (χ3v) is 7.12. The van der Waals surface area contributed by atoms with Crippen LogP contribution in [0, 0.1) is 6.92 Å². The minimum Gasteiger partial charge on any atom is -0.353 e. The Balaban J connectivity index is 1.76. The lowest BCUT2D eigenvalue weighted by Crippen LogP contribution is -2.52. The van der Waals surface area contributed by atoms with Crippen molar-refractivity contribution in [1.29, 1.82) is 0 Å². The van der Waals surface area contributed by atoms with Crippen LogP contribution in [0.2, 0.25) is 0 Å². The van der Waals surface area contributed by atoms with Gasteiger partial charge in [-0.05, 0) is 36.2 Å². The molecule has 0 aliphatic carbocycles. The molecule has 1 N–H and O–H groups in total. The van der Waals surface area contributed by atoms with Gasteiger partial charge in [0.25, 0.3) is 0 Å². The topological polar surface area (TPSA) is 86.8 Å². The van der Waals surface area contributed by atoms with Crippen LogP contribution in [0.15, 0.2) is 47.4 Å². The fourth-order valence-electron chi connectivity index (χ4n) is 3.81. The largest absolute Gasteiger partial charge is 0.353 e. The van der Waals surface area contributed by atoms with Gasteiger partial charge in [0.2, 0.25) is 21.8 Å². The number of amides is 2. The molecular weight excluding hydrogens is 378 g/mol. The maximum absolute atomic E-state index is 13.4. The van der Waals surface area contributed by atoms with E-state index in [4.69, 9.17) is 0 Å². The lowest BCUT2D eigenvalue weighted by Gasteiger charge is -2.34. The Morgan fingerprint density at radius 2 is 1.89 bits per heavy atom. The summed E-state index contributed by atoms with van der Waals surface area (Å²) in [5.41, 5.74) is 2.99. The Kier molecular flexibility index (Phi) is 4.47. The summed E-state index contributed by atoms with van der Waals surface area (Å²) in [6, 6.07) is 11.1. The van der Waals surface area contributed by atoms with Gasteiger partial charge in [0.05, 0.1) is 11.3 Å². The molecule has 1 unspecified atom stereocenters. The number of aryl methyl sites for hydroxylation is 1. The van der Waals surface area contributed by atoms with Gasteiger partial charge in [0.1, 0.15) is 6.04 Å². The molecule has 28 heavy (non-hydrogen) atoms. The third-order valence-electron chi connectivity index (χ3n) is 5.26. The number of hydrogen-bond donors (Lipinski definition) is 1. The molecule has 146 valence electrons. The van der Waals surface area contributed by atoms with Crippen LogP contribution in [0.25, 0.3) is 0 Å². The van der Waals surface area contributed by atoms with E-state index in [0.29, 0.717) is 11.1 Å². The minimum atomic E-state index is -3.92. The van der Waals surface area contributed by atoms with Crippen molar-refractivity contribution in [3.05, 3.63) is 59.2 Å². The van der Waals surface area contributed by atoms with Crippen LogP contribution < -0.4 is 10.2 Å². The van der Waals surface area contributed by atoms with Crippen LogP contribution in [-0.2, 0) is 26.0 Å². The fraction of sp³-hybridized carbons (Fsp3) is 0.300. The molecule has 2 aromatic rings. The van der Waals surface area contributed by atoms with Crippen LogP contribution in [0.5, 0.6) is 0 Å². The number of nitrogens with one attached hydrogen (secondary N) is 1. The van der Waals surface area contributed by atoms with Gasteiger partial charge in [-0.25, -0.2) is 8.42 Å². The number of piperazine rings is 1. The standard InChI is InChI=1S/C20H21N3O4S/c1-13-4-3-5-14(10-13)19-20(25)21-8-9-23(19)28(26,27)16-6-7-17-15(11-16)12-18(24)22(17)2/h3-7,10-11,19H,8-9,12H2,1-2H3,(H,21,25). The normalized spacial score (nSPS) is 20.2. The molecule has 7 nitrogen and oxygen atoms in total. The first-order valence-corrected chi connectivity index (χ1v) is 10.5. The summed E-state index contributed by atoms with van der Waals surface area (Å²) in [7, 11) is -2.25. The van der Waals surface area contributed by atoms with E-state index in [1.54, 1.807) is 25.2 Å². The van der Waals surface area contributed by atoms with Crippen molar-refractivity contribution in [2.45, 2.75) is 24.3 Å². The van der Waals surface area contributed by atoms with Crippen molar-refractivity contribution in [1.82, 2.24) is 9.62 Å². The molecule has 2 aromatic carbocycles. The molecule has 8 heteroatoms. The van der Waals surface area contributed by atoms with Crippen LogP contribution in [0.1, 0.15) is 22.7 Å². The number of rotatable bonds is 3. The Hall–Kier alpha value is -2.71. The van der Waals surface area contributed by atoms with Gasteiger partial charge in [-0.1, -0.05) is 29.8 Å². The highest BCUT2D eigenvalue weighted by Crippen LogP contribution is 2.34.